The van der Waals surface area contributed by atoms with Crippen molar-refractivity contribution in [1.82, 2.24) is 0 Å². The average molecular weight is 73.1 g/mol. The summed E-state index contributed by atoms with van der Waals surface area (Å²) in [6.07, 6.45) is 2.61. The van der Waals surface area contributed by atoms with Gasteiger partial charge in [0.15, 0.2) is 0 Å². The van der Waals surface area contributed by atoms with Crippen molar-refractivity contribution in [3.8, 4) is 0 Å². The molecule has 0 rings (SSSR count). The highest BCUT2D eigenvalue weighted by Crippen LogP contribution is 1.74. The maximum absolute atomic E-state index is 9.40. The van der Waals surface area contributed by atoms with Crippen LogP contribution in [0.3, 0.4) is 0 Å². The Kier molecular flexibility index (Phi) is 3.43. The van der Waals surface area contributed by atoms with Crippen LogP contribution in [-0.4, -0.2) is 6.29 Å². The quantitative estimate of drug-likeness (QED) is 0.352. The molecule has 0 aliphatic heterocycles. The zero-order valence-corrected chi connectivity index (χ0v) is 3.40. The fourth-order valence-corrected chi connectivity index (χ4v) is 0.118. The summed E-state index contributed by atoms with van der Waals surface area (Å²) in [5.41, 5.74) is 0. The van der Waals surface area contributed by atoms with E-state index in [1.165, 1.54) is 0 Å². The van der Waals surface area contributed by atoms with Crippen LogP contribution in [0.4, 0.5) is 0 Å². The van der Waals surface area contributed by atoms with Gasteiger partial charge in [-0.15, -0.1) is 0 Å². The standard InChI is InChI=1S/C4H8O/c1-2-3-4-5/h4H,2-3H2,1H3/i4+1. The molecule has 0 unspecified atom stereocenters. The molecule has 0 spiro atoms. The second kappa shape index (κ2) is 3.67. The number of hydrogen-bond acceptors (Lipinski definition) is 1. The van der Waals surface area contributed by atoms with Gasteiger partial charge in [-0.2, -0.15) is 0 Å². The van der Waals surface area contributed by atoms with Gasteiger partial charge in [-0.1, -0.05) is 6.92 Å². The molecule has 0 radical (unpaired) electrons. The molecule has 0 saturated heterocycles. The first-order valence-electron chi connectivity index (χ1n) is 1.85. The molecule has 0 aliphatic carbocycles. The van der Waals surface area contributed by atoms with E-state index in [0.29, 0.717) is 6.42 Å². The van der Waals surface area contributed by atoms with Crippen LogP contribution in [0.2, 0.25) is 0 Å². The van der Waals surface area contributed by atoms with E-state index in [0.717, 1.165) is 12.7 Å². The molecule has 0 aromatic rings. The third-order valence-corrected chi connectivity index (χ3v) is 0.407. The molecule has 0 bridgehead atoms. The van der Waals surface area contributed by atoms with Crippen molar-refractivity contribution in [2.24, 2.45) is 0 Å². The third kappa shape index (κ3) is 3.67. The second-order valence-electron chi connectivity index (χ2n) is 0.955. The summed E-state index contributed by atoms with van der Waals surface area (Å²) in [5, 5.41) is 0. The monoisotopic (exact) mass is 73.1 g/mol. The third-order valence-electron chi connectivity index (χ3n) is 0.407. The maximum Gasteiger partial charge on any atom is 0.119 e. The molecule has 0 N–H and O–H groups in total. The van der Waals surface area contributed by atoms with Crippen molar-refractivity contribution < 1.29 is 4.79 Å². The van der Waals surface area contributed by atoms with Crippen molar-refractivity contribution in [2.45, 2.75) is 19.8 Å². The average Bonchev–Trinajstić information content (AvgIpc) is 1.41. The van der Waals surface area contributed by atoms with Crippen LogP contribution in [0, 0.1) is 0 Å². The van der Waals surface area contributed by atoms with Gasteiger partial charge in [0.05, 0.1) is 0 Å². The van der Waals surface area contributed by atoms with Crippen LogP contribution < -0.4 is 0 Å². The lowest BCUT2D eigenvalue weighted by Gasteiger charge is -1.68. The van der Waals surface area contributed by atoms with Crippen LogP contribution in [0.25, 0.3) is 0 Å². The van der Waals surface area contributed by atoms with Crippen molar-refractivity contribution in [3.05, 3.63) is 0 Å². The number of hydrogen-bond donors (Lipinski definition) is 0. The Hall–Kier alpha value is -0.330. The second-order valence-corrected chi connectivity index (χ2v) is 0.955. The van der Waals surface area contributed by atoms with E-state index in [9.17, 15) is 4.79 Å². The van der Waals surface area contributed by atoms with Gasteiger partial charge in [0, 0.05) is 6.42 Å². The van der Waals surface area contributed by atoms with Gasteiger partial charge >= 0.3 is 0 Å². The lowest BCUT2D eigenvalue weighted by Crippen LogP contribution is -1.64. The first-order chi connectivity index (χ1) is 2.41. The number of unbranched alkanes of at least 4 members (excludes halogenated alkanes) is 1. The van der Waals surface area contributed by atoms with E-state index in [4.69, 9.17) is 0 Å². The van der Waals surface area contributed by atoms with Gasteiger partial charge in [-0.3, -0.25) is 0 Å². The number of carbonyl (C=O) groups is 1. The zero-order valence-electron chi connectivity index (χ0n) is 3.40. The largest absolute Gasteiger partial charge is 0.303 e. The van der Waals surface area contributed by atoms with E-state index >= 15 is 0 Å². The highest BCUT2D eigenvalue weighted by atomic mass is 16.2. The minimum absolute atomic E-state index is 0.708. The Morgan fingerprint density at radius 2 is 2.40 bits per heavy atom. The first-order valence-corrected chi connectivity index (χ1v) is 1.85. The summed E-state index contributed by atoms with van der Waals surface area (Å²) in [6, 6.07) is 0. The minimum Gasteiger partial charge on any atom is -0.303 e. The van der Waals surface area contributed by atoms with Crippen molar-refractivity contribution in [3.63, 3.8) is 0 Å². The molecular weight excluding hydrogens is 65.0 g/mol. The molecule has 0 amide bonds. The smallest absolute Gasteiger partial charge is 0.119 e. The fourth-order valence-electron chi connectivity index (χ4n) is 0.118. The fraction of sp³-hybridized carbons (Fsp3) is 0.750. The van der Waals surface area contributed by atoms with Crippen LogP contribution in [0.15, 0.2) is 0 Å². The van der Waals surface area contributed by atoms with E-state index in [1.807, 2.05) is 6.92 Å². The summed E-state index contributed by atoms with van der Waals surface area (Å²) in [7, 11) is 0. The Bertz CT molecular complexity index is 24.8. The topological polar surface area (TPSA) is 17.1 Å². The molecule has 0 aromatic carbocycles. The van der Waals surface area contributed by atoms with E-state index in [2.05, 4.69) is 0 Å². The maximum atomic E-state index is 9.40. The predicted octanol–water partition coefficient (Wildman–Crippen LogP) is 0.985. The Labute approximate surface area is 32.0 Å². The van der Waals surface area contributed by atoms with Crippen LogP contribution in [-0.2, 0) is 4.79 Å². The SMILES string of the molecule is CCC[13CH]=O. The van der Waals surface area contributed by atoms with E-state index in [1.54, 1.807) is 0 Å². The molecule has 0 aromatic heterocycles. The predicted molar refractivity (Wildman–Crippen MR) is 21.0 cm³/mol. The van der Waals surface area contributed by atoms with Gasteiger partial charge in [0.25, 0.3) is 0 Å². The van der Waals surface area contributed by atoms with Gasteiger partial charge < -0.3 is 4.79 Å². The van der Waals surface area contributed by atoms with Crippen LogP contribution >= 0.6 is 0 Å². The highest BCUT2D eigenvalue weighted by Gasteiger charge is 1.66. The Morgan fingerprint density at radius 3 is 2.40 bits per heavy atom. The molecular formula is C4H8O. The zero-order chi connectivity index (χ0) is 4.12. The molecule has 0 saturated carbocycles. The van der Waals surface area contributed by atoms with Crippen molar-refractivity contribution in [1.29, 1.82) is 0 Å². The summed E-state index contributed by atoms with van der Waals surface area (Å²) in [5.74, 6) is 0. The highest BCUT2D eigenvalue weighted by molar-refractivity contribution is 5.48. The summed E-state index contributed by atoms with van der Waals surface area (Å²) in [4.78, 5) is 9.40. The molecule has 0 aliphatic rings. The Balaban J connectivity index is 2.40. The number of aldehydes is 1. The number of carbonyl (C=O) groups excluding carboxylic acids is 1. The van der Waals surface area contributed by atoms with Crippen molar-refractivity contribution >= 4 is 6.29 Å². The number of rotatable bonds is 2. The van der Waals surface area contributed by atoms with Crippen LogP contribution in [0.1, 0.15) is 19.8 Å². The summed E-state index contributed by atoms with van der Waals surface area (Å²) in [6.45, 7) is 1.98. The van der Waals surface area contributed by atoms with Gasteiger partial charge in [-0.05, 0) is 6.42 Å². The van der Waals surface area contributed by atoms with E-state index < -0.39 is 0 Å². The molecule has 0 heterocycles. The normalized spacial score (nSPS) is 7.40. The molecule has 0 atom stereocenters. The summed E-state index contributed by atoms with van der Waals surface area (Å²) < 4.78 is 0. The molecule has 30 valence electrons. The lowest BCUT2D eigenvalue weighted by molar-refractivity contribution is -0.107. The Morgan fingerprint density at radius 1 is 1.80 bits per heavy atom. The molecule has 1 heteroatoms. The molecule has 5 heavy (non-hydrogen) atoms. The van der Waals surface area contributed by atoms with Gasteiger partial charge in [-0.25, -0.2) is 0 Å². The molecule has 1 nitrogen and oxygen atoms in total. The lowest BCUT2D eigenvalue weighted by atomic mass is 10.5. The van der Waals surface area contributed by atoms with Gasteiger partial charge in [0.2, 0.25) is 0 Å². The van der Waals surface area contributed by atoms with Crippen LogP contribution in [0.5, 0.6) is 0 Å². The minimum atomic E-state index is 0.708. The summed E-state index contributed by atoms with van der Waals surface area (Å²) >= 11 is 0. The first kappa shape index (κ1) is 4.67. The van der Waals surface area contributed by atoms with Gasteiger partial charge in [0.1, 0.15) is 6.29 Å². The van der Waals surface area contributed by atoms with Crippen molar-refractivity contribution in [2.75, 3.05) is 0 Å². The molecule has 0 fully saturated rings. The van der Waals surface area contributed by atoms with E-state index in [-0.39, 0.29) is 0 Å².